The van der Waals surface area contributed by atoms with E-state index in [1.54, 1.807) is 6.08 Å². The van der Waals surface area contributed by atoms with Crippen molar-refractivity contribution in [2.45, 2.75) is 84.9 Å². The summed E-state index contributed by atoms with van der Waals surface area (Å²) in [6.45, 7) is 11.6. The molecule has 1 saturated heterocycles. The van der Waals surface area contributed by atoms with Crippen molar-refractivity contribution in [1.82, 2.24) is 0 Å². The Morgan fingerprint density at radius 2 is 1.81 bits per heavy atom. The second-order valence-corrected chi connectivity index (χ2v) is 12.9. The van der Waals surface area contributed by atoms with Crippen LogP contribution in [0.4, 0.5) is 0 Å². The van der Waals surface area contributed by atoms with Crippen molar-refractivity contribution < 1.29 is 38.5 Å². The zero-order chi connectivity index (χ0) is 26.2. The number of carbonyl (C=O) groups excluding carboxylic acids is 4. The van der Waals surface area contributed by atoms with E-state index in [0.717, 1.165) is 0 Å². The summed E-state index contributed by atoms with van der Waals surface area (Å²) in [5.74, 6) is -2.05. The summed E-state index contributed by atoms with van der Waals surface area (Å²) in [4.78, 5) is 51.7. The van der Waals surface area contributed by atoms with Gasteiger partial charge in [0, 0.05) is 23.2 Å². The molecule has 0 amide bonds. The summed E-state index contributed by atoms with van der Waals surface area (Å²) >= 11 is 0. The Morgan fingerprint density at radius 3 is 2.42 bits per heavy atom. The lowest BCUT2D eigenvalue weighted by Gasteiger charge is -2.67. The first kappa shape index (κ1) is 24.0. The number of epoxide rings is 1. The molecular formula is C28H34O8. The first-order valence-corrected chi connectivity index (χ1v) is 12.9. The van der Waals surface area contributed by atoms with Crippen LogP contribution in [0, 0.1) is 39.4 Å². The van der Waals surface area contributed by atoms with Crippen LogP contribution in [0.25, 0.3) is 0 Å². The van der Waals surface area contributed by atoms with Crippen LogP contribution in [-0.4, -0.2) is 52.7 Å². The van der Waals surface area contributed by atoms with Crippen LogP contribution in [-0.2, 0) is 33.4 Å². The number of esters is 2. The third kappa shape index (κ3) is 2.43. The fraction of sp³-hybridized carbons (Fsp3) is 0.714. The molecule has 0 aromatic carbocycles. The number of hydrogen-bond donors (Lipinski definition) is 1. The fourth-order valence-electron chi connectivity index (χ4n) is 9.72. The molecule has 0 bridgehead atoms. The largest absolute Gasteiger partial charge is 0.462 e. The molecule has 4 aliphatic carbocycles. The predicted molar refractivity (Wildman–Crippen MR) is 125 cm³/mol. The van der Waals surface area contributed by atoms with Crippen molar-refractivity contribution in [3.8, 4) is 0 Å². The van der Waals surface area contributed by atoms with Crippen molar-refractivity contribution in [3.05, 3.63) is 23.8 Å². The number of ketones is 2. The van der Waals surface area contributed by atoms with Crippen molar-refractivity contribution in [3.63, 3.8) is 0 Å². The Kier molecular flexibility index (Phi) is 4.51. The smallest absolute Gasteiger partial charge is 0.337 e. The van der Waals surface area contributed by atoms with Crippen LogP contribution in [0.2, 0.25) is 0 Å². The zero-order valence-electron chi connectivity index (χ0n) is 21.6. The van der Waals surface area contributed by atoms with Gasteiger partial charge in [-0.2, -0.15) is 0 Å². The molecule has 6 rings (SSSR count). The molecule has 8 heteroatoms. The maximum absolute atomic E-state index is 13.8. The van der Waals surface area contributed by atoms with E-state index in [2.05, 4.69) is 13.8 Å². The molecule has 0 aromatic rings. The minimum atomic E-state index is -1.36. The topological polar surface area (TPSA) is 120 Å². The van der Waals surface area contributed by atoms with Crippen molar-refractivity contribution >= 4 is 23.5 Å². The van der Waals surface area contributed by atoms with Gasteiger partial charge in [0.1, 0.15) is 17.8 Å². The Morgan fingerprint density at radius 1 is 1.11 bits per heavy atom. The monoisotopic (exact) mass is 498 g/mol. The van der Waals surface area contributed by atoms with Crippen molar-refractivity contribution in [1.29, 1.82) is 0 Å². The number of aliphatic hydroxyl groups is 1. The van der Waals surface area contributed by atoms with Gasteiger partial charge in [-0.25, -0.2) is 4.79 Å². The van der Waals surface area contributed by atoms with Gasteiger partial charge in [0.15, 0.2) is 11.6 Å². The molecule has 0 aromatic heterocycles. The van der Waals surface area contributed by atoms with Gasteiger partial charge in [-0.05, 0) is 48.7 Å². The lowest BCUT2D eigenvalue weighted by molar-refractivity contribution is -0.234. The normalized spacial score (nSPS) is 52.0. The number of ether oxygens (including phenoxy) is 3. The summed E-state index contributed by atoms with van der Waals surface area (Å²) in [5, 5.41) is 9.93. The molecule has 2 aliphatic heterocycles. The summed E-state index contributed by atoms with van der Waals surface area (Å²) in [7, 11) is 0. The average molecular weight is 499 g/mol. The Hall–Kier alpha value is -2.32. The zero-order valence-corrected chi connectivity index (χ0v) is 21.6. The first-order valence-electron chi connectivity index (χ1n) is 12.9. The molecule has 10 atom stereocenters. The summed E-state index contributed by atoms with van der Waals surface area (Å²) in [5.41, 5.74) is -3.24. The number of hydrogen-bond acceptors (Lipinski definition) is 8. The highest BCUT2D eigenvalue weighted by molar-refractivity contribution is 6.05. The molecule has 2 heterocycles. The third-order valence-corrected chi connectivity index (χ3v) is 11.2. The molecule has 1 spiro atoms. The van der Waals surface area contributed by atoms with E-state index in [4.69, 9.17) is 14.2 Å². The lowest BCUT2D eigenvalue weighted by atomic mass is 9.36. The van der Waals surface area contributed by atoms with Crippen LogP contribution >= 0.6 is 0 Å². The van der Waals surface area contributed by atoms with Gasteiger partial charge in [-0.1, -0.05) is 40.7 Å². The van der Waals surface area contributed by atoms with Crippen LogP contribution in [0.1, 0.15) is 60.8 Å². The molecule has 6 aliphatic rings. The molecule has 4 fully saturated rings. The summed E-state index contributed by atoms with van der Waals surface area (Å²) in [6, 6.07) is 0. The van der Waals surface area contributed by atoms with Gasteiger partial charge in [0.2, 0.25) is 6.29 Å². The predicted octanol–water partition coefficient (Wildman–Crippen LogP) is 2.67. The van der Waals surface area contributed by atoms with E-state index < -0.39 is 58.2 Å². The van der Waals surface area contributed by atoms with E-state index in [1.807, 2.05) is 26.8 Å². The maximum atomic E-state index is 13.8. The van der Waals surface area contributed by atoms with E-state index in [9.17, 15) is 24.3 Å². The van der Waals surface area contributed by atoms with E-state index >= 15 is 0 Å². The van der Waals surface area contributed by atoms with Gasteiger partial charge >= 0.3 is 11.9 Å². The third-order valence-electron chi connectivity index (χ3n) is 11.2. The van der Waals surface area contributed by atoms with Gasteiger partial charge < -0.3 is 19.3 Å². The number of rotatable bonds is 2. The number of carbonyl (C=O) groups is 4. The molecule has 0 radical (unpaired) electrons. The summed E-state index contributed by atoms with van der Waals surface area (Å²) < 4.78 is 17.4. The second-order valence-electron chi connectivity index (χ2n) is 12.9. The fourth-order valence-corrected chi connectivity index (χ4v) is 9.72. The Balaban J connectivity index is 1.53. The molecule has 194 valence electrons. The molecule has 3 saturated carbocycles. The van der Waals surface area contributed by atoms with Crippen LogP contribution in [0.5, 0.6) is 0 Å². The van der Waals surface area contributed by atoms with Crippen molar-refractivity contribution in [2.24, 2.45) is 39.4 Å². The number of cyclic esters (lactones) is 1. The maximum Gasteiger partial charge on any atom is 0.337 e. The van der Waals surface area contributed by atoms with Crippen molar-refractivity contribution in [2.75, 3.05) is 0 Å². The summed E-state index contributed by atoms with van der Waals surface area (Å²) in [6.07, 6.45) is 4.21. The highest BCUT2D eigenvalue weighted by atomic mass is 16.6. The molecular weight excluding hydrogens is 464 g/mol. The Labute approximate surface area is 210 Å². The van der Waals surface area contributed by atoms with Gasteiger partial charge in [0.05, 0.1) is 11.5 Å². The van der Waals surface area contributed by atoms with Crippen LogP contribution in [0.3, 0.4) is 0 Å². The van der Waals surface area contributed by atoms with E-state index in [1.165, 1.54) is 13.0 Å². The molecule has 1 N–H and O–H groups in total. The molecule has 36 heavy (non-hydrogen) atoms. The average Bonchev–Trinajstić information content (AvgIpc) is 3.41. The SMILES string of the molecule is CC(=O)O[C@@H]1C[C@H]2C(C)(C)C(=O)C=C[C@]2(C)[C@H]2CC[C@@]3(C)[C@H](C4=CC(O)OC4=O)C(=O)[C@H]4O[C@]43[C@@]21C. The minimum Gasteiger partial charge on any atom is -0.462 e. The highest BCUT2D eigenvalue weighted by Gasteiger charge is 2.90. The second kappa shape index (κ2) is 6.76. The number of fused-ring (bicyclic) bond motifs is 3. The lowest BCUT2D eigenvalue weighted by Crippen LogP contribution is -2.70. The quantitative estimate of drug-likeness (QED) is 0.456. The molecule has 8 nitrogen and oxygen atoms in total. The van der Waals surface area contributed by atoms with Gasteiger partial charge in [0.25, 0.3) is 0 Å². The highest BCUT2D eigenvalue weighted by Crippen LogP contribution is 2.81. The Bertz CT molecular complexity index is 1180. The van der Waals surface area contributed by atoms with Gasteiger partial charge in [-0.15, -0.1) is 0 Å². The van der Waals surface area contributed by atoms with E-state index in [0.29, 0.717) is 19.3 Å². The van der Waals surface area contributed by atoms with Crippen LogP contribution in [0.15, 0.2) is 23.8 Å². The van der Waals surface area contributed by atoms with E-state index in [-0.39, 0.29) is 34.4 Å². The van der Waals surface area contributed by atoms with Gasteiger partial charge in [-0.3, -0.25) is 14.4 Å². The molecule has 1 unspecified atom stereocenters. The number of Topliss-reactive ketones (excluding diaryl/α,β-unsaturated/α-hetero) is 1. The number of allylic oxidation sites excluding steroid dienone is 2. The first-order chi connectivity index (χ1) is 16.7. The van der Waals surface area contributed by atoms with Crippen LogP contribution < -0.4 is 0 Å². The minimum absolute atomic E-state index is 0.0311. The number of aliphatic hydroxyl groups excluding tert-OH is 1. The standard InChI is InChI=1S/C28H34O8/c1-13(29)34-18-12-16-24(2,3)17(30)8-9-25(16,4)15-7-10-26(5)20(14-11-19(31)35-23(14)33)21(32)22-28(26,36-22)27(15,18)6/h8-9,11,15-16,18-20,22,31H,7,10,12H2,1-6H3/t15-,16+,18-,19?,20-,22-,25-,26+,27+,28-/m1/s1.